The van der Waals surface area contributed by atoms with Crippen LogP contribution in [0.15, 0.2) is 24.3 Å². The number of thiazole rings is 1. The van der Waals surface area contributed by atoms with E-state index < -0.39 is 5.82 Å². The summed E-state index contributed by atoms with van der Waals surface area (Å²) < 4.78 is 23.5. The van der Waals surface area contributed by atoms with Crippen LogP contribution in [0.4, 0.5) is 15.3 Å². The van der Waals surface area contributed by atoms with Gasteiger partial charge in [-0.1, -0.05) is 35.1 Å². The number of halogens is 2. The Bertz CT molecular complexity index is 1520. The maximum atomic E-state index is 16.5. The van der Waals surface area contributed by atoms with Crippen molar-refractivity contribution < 1.29 is 9.13 Å². The lowest BCUT2D eigenvalue weighted by molar-refractivity contribution is 0.187. The highest BCUT2D eigenvalue weighted by Gasteiger charge is 2.43. The number of nitrogen functional groups attached to an aromatic ring is 1. The number of nitrogens with two attached hydrogens (primary N) is 1. The van der Waals surface area contributed by atoms with Crippen molar-refractivity contribution in [3.63, 3.8) is 0 Å². The molecule has 2 aromatic heterocycles. The van der Waals surface area contributed by atoms with E-state index in [1.54, 1.807) is 6.07 Å². The van der Waals surface area contributed by atoms with E-state index >= 15 is 4.39 Å². The Kier molecular flexibility index (Phi) is 5.62. The first-order chi connectivity index (χ1) is 18.0. The highest BCUT2D eigenvalue weighted by Crippen LogP contribution is 2.44. The number of piperazine rings is 1. The largest absolute Gasteiger partial charge is 0.462 e. The quantitative estimate of drug-likeness (QED) is 0.388. The van der Waals surface area contributed by atoms with Crippen LogP contribution in [0.3, 0.4) is 0 Å². The molecule has 3 fully saturated rings. The third kappa shape index (κ3) is 3.80. The van der Waals surface area contributed by atoms with E-state index in [4.69, 9.17) is 27.1 Å². The monoisotopic (exact) mass is 539 g/mol. The summed E-state index contributed by atoms with van der Waals surface area (Å²) >= 11 is 8.16. The van der Waals surface area contributed by atoms with Gasteiger partial charge >= 0.3 is 6.01 Å². The van der Waals surface area contributed by atoms with Crippen molar-refractivity contribution in [2.24, 2.45) is 0 Å². The second-order valence-electron chi connectivity index (χ2n) is 10.2. The maximum Gasteiger partial charge on any atom is 0.319 e. The smallest absolute Gasteiger partial charge is 0.319 e. The normalized spacial score (nSPS) is 23.6. The lowest BCUT2D eigenvalue weighted by Crippen LogP contribution is -2.68. The molecule has 3 aliphatic rings. The van der Waals surface area contributed by atoms with Crippen molar-refractivity contribution in [2.75, 3.05) is 43.9 Å². The molecule has 0 spiro atoms. The van der Waals surface area contributed by atoms with Crippen LogP contribution in [0.25, 0.3) is 32.2 Å². The first-order valence-corrected chi connectivity index (χ1v) is 13.8. The SMILES string of the molecule is CN1CCC[C@H]1COc1nc(N2C3CNCC2C3)c2cc(Cl)c(-c3cccc4sc(N)nc34)c(F)c2n1. The number of piperidine rings is 1. The first-order valence-electron chi connectivity index (χ1n) is 12.6. The van der Waals surface area contributed by atoms with Crippen LogP contribution in [-0.4, -0.2) is 71.3 Å². The number of ether oxygens (including phenoxy) is 1. The number of aromatic nitrogens is 3. The van der Waals surface area contributed by atoms with Crippen LogP contribution in [-0.2, 0) is 0 Å². The van der Waals surface area contributed by atoms with E-state index in [2.05, 4.69) is 32.1 Å². The van der Waals surface area contributed by atoms with Crippen LogP contribution >= 0.6 is 22.9 Å². The van der Waals surface area contributed by atoms with Crippen molar-refractivity contribution in [1.29, 1.82) is 0 Å². The molecule has 7 rings (SSSR count). The number of fused-ring (bicyclic) bond motifs is 4. The van der Waals surface area contributed by atoms with E-state index in [1.807, 2.05) is 18.2 Å². The van der Waals surface area contributed by atoms with Crippen LogP contribution in [0.5, 0.6) is 6.01 Å². The minimum atomic E-state index is -0.503. The van der Waals surface area contributed by atoms with E-state index in [0.29, 0.717) is 57.2 Å². The number of hydrogen-bond acceptors (Lipinski definition) is 9. The van der Waals surface area contributed by atoms with Crippen LogP contribution in [0.1, 0.15) is 19.3 Å². The van der Waals surface area contributed by atoms with Gasteiger partial charge in [-0.25, -0.2) is 9.37 Å². The Morgan fingerprint density at radius 2 is 2.05 bits per heavy atom. The fraction of sp³-hybridized carbons (Fsp3) is 0.423. The summed E-state index contributed by atoms with van der Waals surface area (Å²) in [6.45, 7) is 3.25. The van der Waals surface area contributed by atoms with E-state index in [1.165, 1.54) is 11.3 Å². The summed E-state index contributed by atoms with van der Waals surface area (Å²) in [7, 11) is 2.10. The zero-order valence-corrected chi connectivity index (χ0v) is 21.9. The number of hydrogen-bond donors (Lipinski definition) is 2. The van der Waals surface area contributed by atoms with Gasteiger partial charge in [-0.3, -0.25) is 0 Å². The van der Waals surface area contributed by atoms with Gasteiger partial charge in [0.25, 0.3) is 0 Å². The summed E-state index contributed by atoms with van der Waals surface area (Å²) in [6, 6.07) is 8.49. The number of anilines is 2. The van der Waals surface area contributed by atoms with Gasteiger partial charge in [-0.05, 0) is 45.0 Å². The third-order valence-electron chi connectivity index (χ3n) is 7.96. The molecule has 0 aliphatic carbocycles. The molecular weight excluding hydrogens is 513 g/mol. The van der Waals surface area contributed by atoms with E-state index in [0.717, 1.165) is 43.6 Å². The minimum absolute atomic E-state index is 0.198. The van der Waals surface area contributed by atoms with Gasteiger partial charge in [-0.2, -0.15) is 9.97 Å². The van der Waals surface area contributed by atoms with E-state index in [9.17, 15) is 0 Å². The standard InChI is InChI=1S/C26H27ClFN7OS/c1-34-7-3-4-13(34)12-36-26-32-23-17(24(33-26)35-14-8-15(35)11-30-10-14)9-18(27)20(21(23)28)16-5-2-6-19-22(16)31-25(29)37-19/h2,5-6,9,13-15,30H,3-4,7-8,10-12H2,1H3,(H2,29,31)/t13-,14?,15?/m0/s1. The Morgan fingerprint density at radius 3 is 2.81 bits per heavy atom. The Labute approximate surface area is 222 Å². The van der Waals surface area contributed by atoms with Gasteiger partial charge < -0.3 is 25.6 Å². The van der Waals surface area contributed by atoms with Gasteiger partial charge in [0.15, 0.2) is 10.9 Å². The van der Waals surface area contributed by atoms with Gasteiger partial charge in [0, 0.05) is 47.7 Å². The number of nitrogens with one attached hydrogen (secondary N) is 1. The molecule has 192 valence electrons. The molecule has 5 heterocycles. The molecule has 0 saturated carbocycles. The van der Waals surface area contributed by atoms with Gasteiger partial charge in [0.2, 0.25) is 0 Å². The molecule has 3 atom stereocenters. The van der Waals surface area contributed by atoms with Crippen molar-refractivity contribution in [3.05, 3.63) is 35.1 Å². The van der Waals surface area contributed by atoms with Crippen LogP contribution in [0, 0.1) is 5.82 Å². The molecular formula is C26H27ClFN7OS. The topological polar surface area (TPSA) is 92.4 Å². The summed E-state index contributed by atoms with van der Waals surface area (Å²) in [4.78, 5) is 18.4. The predicted molar refractivity (Wildman–Crippen MR) is 146 cm³/mol. The Balaban J connectivity index is 1.39. The highest BCUT2D eigenvalue weighted by molar-refractivity contribution is 7.22. The third-order valence-corrected chi connectivity index (χ3v) is 9.11. The zero-order valence-electron chi connectivity index (χ0n) is 20.4. The maximum absolute atomic E-state index is 16.5. The molecule has 11 heteroatoms. The van der Waals surface area contributed by atoms with Crippen molar-refractivity contribution in [3.8, 4) is 17.1 Å². The highest BCUT2D eigenvalue weighted by atomic mass is 35.5. The molecule has 37 heavy (non-hydrogen) atoms. The second kappa shape index (κ2) is 8.90. The predicted octanol–water partition coefficient (Wildman–Crippen LogP) is 4.30. The molecule has 0 radical (unpaired) electrons. The molecule has 4 aromatic rings. The van der Waals surface area contributed by atoms with Gasteiger partial charge in [0.1, 0.15) is 17.9 Å². The number of likely N-dealkylation sites (N-methyl/N-ethyl adjacent to an activating group) is 1. The average molecular weight is 540 g/mol. The second-order valence-corrected chi connectivity index (χ2v) is 11.6. The van der Waals surface area contributed by atoms with Gasteiger partial charge in [0.05, 0.1) is 15.2 Å². The van der Waals surface area contributed by atoms with Crippen molar-refractivity contribution >= 4 is 55.0 Å². The van der Waals surface area contributed by atoms with E-state index in [-0.39, 0.29) is 17.1 Å². The minimum Gasteiger partial charge on any atom is -0.462 e. The number of likely N-dealkylation sites (tertiary alicyclic amines) is 1. The molecule has 3 saturated heterocycles. The fourth-order valence-corrected chi connectivity index (χ4v) is 7.08. The van der Waals surface area contributed by atoms with Crippen LogP contribution in [0.2, 0.25) is 5.02 Å². The lowest BCUT2D eigenvalue weighted by Gasteiger charge is -2.54. The summed E-state index contributed by atoms with van der Waals surface area (Å²) in [5.74, 6) is 0.183. The number of benzene rings is 2. The molecule has 8 nitrogen and oxygen atoms in total. The Morgan fingerprint density at radius 1 is 1.22 bits per heavy atom. The van der Waals surface area contributed by atoms with Crippen molar-refractivity contribution in [2.45, 2.75) is 37.4 Å². The molecule has 2 bridgehead atoms. The van der Waals surface area contributed by atoms with Gasteiger partial charge in [-0.15, -0.1) is 0 Å². The lowest BCUT2D eigenvalue weighted by atomic mass is 9.88. The fourth-order valence-electron chi connectivity index (χ4n) is 6.02. The molecule has 2 unspecified atom stereocenters. The molecule has 0 amide bonds. The van der Waals surface area contributed by atoms with Crippen LogP contribution < -0.4 is 20.7 Å². The number of para-hydroxylation sites is 1. The molecule has 3 N–H and O–H groups in total. The average Bonchev–Trinajstić information content (AvgIpc) is 3.48. The number of nitrogens with zero attached hydrogens (tertiary/aromatic N) is 5. The molecule has 2 aromatic carbocycles. The zero-order chi connectivity index (χ0) is 25.3. The number of rotatable bonds is 5. The van der Waals surface area contributed by atoms with Crippen molar-refractivity contribution in [1.82, 2.24) is 25.2 Å². The molecule has 3 aliphatic heterocycles. The first kappa shape index (κ1) is 23.3. The summed E-state index contributed by atoms with van der Waals surface area (Å²) in [5, 5.41) is 4.76. The Hall–Kier alpha value is -2.79. The summed E-state index contributed by atoms with van der Waals surface area (Å²) in [5.41, 5.74) is 7.66. The summed E-state index contributed by atoms with van der Waals surface area (Å²) in [6.07, 6.45) is 3.29.